The molecule has 5 atom stereocenters. The number of aliphatic hydroxyl groups is 1. The van der Waals surface area contributed by atoms with E-state index in [4.69, 9.17) is 29.9 Å². The van der Waals surface area contributed by atoms with Crippen molar-refractivity contribution in [2.45, 2.75) is 116 Å². The molecule has 426 valence electrons. The van der Waals surface area contributed by atoms with Crippen molar-refractivity contribution >= 4 is 34.4 Å². The maximum Gasteiger partial charge on any atom is 0.418 e. The number of likely N-dealkylation sites (tertiary alicyclic amines) is 1. The van der Waals surface area contributed by atoms with Gasteiger partial charge in [-0.2, -0.15) is 23.1 Å². The topological polar surface area (TPSA) is 221 Å². The summed E-state index contributed by atoms with van der Waals surface area (Å²) in [4.78, 5) is 50.7. The highest BCUT2D eigenvalue weighted by Gasteiger charge is 2.44. The molecule has 5 unspecified atom stereocenters. The molecule has 4 aliphatic rings. The van der Waals surface area contributed by atoms with Crippen LogP contribution in [0.1, 0.15) is 106 Å². The van der Waals surface area contributed by atoms with Crippen molar-refractivity contribution < 1.29 is 42.1 Å². The number of nitrogens with zero attached hydrogens (tertiary/aromatic N) is 9. The second-order valence-electron chi connectivity index (χ2n) is 21.3. The van der Waals surface area contributed by atoms with E-state index in [1.807, 2.05) is 94.4 Å². The Kier molecular flexibility index (Phi) is 16.8. The number of fused-ring (bicyclic) bond motifs is 3. The van der Waals surface area contributed by atoms with Crippen molar-refractivity contribution in [2.75, 3.05) is 57.2 Å². The van der Waals surface area contributed by atoms with Gasteiger partial charge in [-0.3, -0.25) is 14.6 Å². The number of anilines is 2. The van der Waals surface area contributed by atoms with Gasteiger partial charge in [0.05, 0.1) is 36.7 Å². The van der Waals surface area contributed by atoms with Gasteiger partial charge in [0, 0.05) is 67.7 Å². The molecule has 5 N–H and O–H groups in total. The Morgan fingerprint density at radius 1 is 0.926 bits per heavy atom. The van der Waals surface area contributed by atoms with Gasteiger partial charge in [0.1, 0.15) is 48.1 Å². The predicted octanol–water partition coefficient (Wildman–Crippen LogP) is 9.02. The smallest absolute Gasteiger partial charge is 0.418 e. The number of rotatable bonds is 19. The molecule has 2 amide bonds. The van der Waals surface area contributed by atoms with E-state index in [0.29, 0.717) is 59.5 Å². The second kappa shape index (κ2) is 24.1. The molecule has 2 bridgehead atoms. The maximum absolute atomic E-state index is 15.3. The van der Waals surface area contributed by atoms with E-state index < -0.39 is 29.9 Å². The van der Waals surface area contributed by atoms with Crippen LogP contribution in [0.15, 0.2) is 91.4 Å². The number of aryl methyl sites for hydroxylation is 1. The number of nitrogen functional groups attached to an aromatic ring is 1. The quantitative estimate of drug-likeness (QED) is 0.0555. The van der Waals surface area contributed by atoms with Gasteiger partial charge in [0.15, 0.2) is 5.75 Å². The molecule has 3 aromatic carbocycles. The lowest BCUT2D eigenvalue weighted by molar-refractivity contribution is -0.142. The van der Waals surface area contributed by atoms with E-state index in [1.54, 1.807) is 35.3 Å². The zero-order chi connectivity index (χ0) is 57.1. The fraction of sp³-hybridized carbons (Fsp3) is 0.433. The first-order chi connectivity index (χ1) is 39.2. The number of hydrogen-bond donors (Lipinski definition) is 4. The number of methoxy groups -OCH3 is 1. The van der Waals surface area contributed by atoms with Crippen LogP contribution in [0.25, 0.3) is 44.5 Å². The van der Waals surface area contributed by atoms with E-state index in [2.05, 4.69) is 35.8 Å². The van der Waals surface area contributed by atoms with E-state index in [0.717, 1.165) is 42.5 Å². The molecule has 3 saturated heterocycles. The Hall–Kier alpha value is -7.75. The standard InChI is InChI=1S/C58H63F3N12O6.C2H6/c1-32(2)52(56(76)71-21-5-6-46(71)55(75)65-45(30-74)39-15-11-35(12-16-39)36-17-19-63-20-18-36)73-29-44(69-70-73)38-9-7-34(8-10-38)31-79-53-48(51-49(58(59,60)61)33(3)24-47(62)66-51)42(37-13-14-37)26-43-50(53)67-57(78-23-22-77-4)68-54(43)72-28-40-25-41(72)27-64-40;1-2/h7-12,15-20,24,26,29,32,37,40-41,45-46,52,64,74H,5-6,13-14,21-23,25,27-28,30-31H2,1-4H3,(H2,62,66)(H,65,75);1-2H3. The van der Waals surface area contributed by atoms with Gasteiger partial charge in [-0.25, -0.2) is 9.67 Å². The van der Waals surface area contributed by atoms with Crippen LogP contribution in [0.5, 0.6) is 11.8 Å². The average molecular weight is 1110 g/mol. The minimum absolute atomic E-state index is 0.0364. The summed E-state index contributed by atoms with van der Waals surface area (Å²) in [7, 11) is 1.55. The molecule has 4 aromatic heterocycles. The molecule has 3 aliphatic heterocycles. The van der Waals surface area contributed by atoms with Gasteiger partial charge in [0.25, 0.3) is 0 Å². The number of benzene rings is 3. The van der Waals surface area contributed by atoms with Crippen molar-refractivity contribution in [1.82, 2.24) is 50.5 Å². The van der Waals surface area contributed by atoms with Crippen LogP contribution >= 0.6 is 0 Å². The summed E-state index contributed by atoms with van der Waals surface area (Å²) < 4.78 is 65.5. The molecular weight excluding hydrogens is 1040 g/mol. The predicted molar refractivity (Wildman–Crippen MR) is 301 cm³/mol. The van der Waals surface area contributed by atoms with Crippen LogP contribution in [0.2, 0.25) is 0 Å². The number of piperazine rings is 1. The first kappa shape index (κ1) is 56.5. The normalized spacial score (nSPS) is 18.5. The number of carbonyl (C=O) groups is 2. The van der Waals surface area contributed by atoms with Crippen molar-refractivity contribution in [3.8, 4) is 45.4 Å². The zero-order valence-corrected chi connectivity index (χ0v) is 46.4. The SMILES string of the molecule is CC.COCCOc1nc(N2CC3CC2CN3)c2cc(C3CC3)c(-c3nc(N)cc(C)c3C(F)(F)F)c(OCc3ccc(-c4cn(C(C(=O)N5CCCC5C(=O)NC(CO)c5ccc(-c6ccncc6)cc5)C(C)C)nn4)cc3)c2n1. The molecule has 0 spiro atoms. The summed E-state index contributed by atoms with van der Waals surface area (Å²) in [5, 5.41) is 26.5. The number of carbonyl (C=O) groups excluding carboxylic acids is 2. The third-order valence-corrected chi connectivity index (χ3v) is 15.5. The monoisotopic (exact) mass is 1110 g/mol. The summed E-state index contributed by atoms with van der Waals surface area (Å²) in [5.74, 6) is -0.246. The number of nitrogens with two attached hydrogens (primary N) is 1. The zero-order valence-electron chi connectivity index (χ0n) is 46.4. The molecule has 7 aromatic rings. The van der Waals surface area contributed by atoms with Crippen LogP contribution in [0.3, 0.4) is 0 Å². The average Bonchev–Trinajstić information content (AvgIpc) is 4.00. The van der Waals surface area contributed by atoms with E-state index >= 15 is 13.2 Å². The minimum Gasteiger partial charge on any atom is -0.486 e. The number of hydrogen-bond acceptors (Lipinski definition) is 15. The summed E-state index contributed by atoms with van der Waals surface area (Å²) in [6, 6.07) is 20.2. The molecule has 1 saturated carbocycles. The Morgan fingerprint density at radius 3 is 2.31 bits per heavy atom. The summed E-state index contributed by atoms with van der Waals surface area (Å²) >= 11 is 0. The number of aliphatic hydroxyl groups excluding tert-OH is 1. The molecule has 18 nitrogen and oxygen atoms in total. The van der Waals surface area contributed by atoms with Crippen LogP contribution in [0, 0.1) is 12.8 Å². The maximum atomic E-state index is 15.3. The molecule has 11 rings (SSSR count). The summed E-state index contributed by atoms with van der Waals surface area (Å²) in [6.45, 7) is 11.0. The van der Waals surface area contributed by atoms with Crippen LogP contribution in [0.4, 0.5) is 24.8 Å². The van der Waals surface area contributed by atoms with Crippen LogP contribution in [-0.4, -0.2) is 121 Å². The molecule has 0 radical (unpaired) electrons. The summed E-state index contributed by atoms with van der Waals surface area (Å²) in [5.41, 5.74) is 10.7. The van der Waals surface area contributed by atoms with E-state index in [-0.39, 0.29) is 102 Å². The second-order valence-corrected chi connectivity index (χ2v) is 21.3. The largest absolute Gasteiger partial charge is 0.486 e. The fourth-order valence-corrected chi connectivity index (χ4v) is 11.5. The molecule has 81 heavy (non-hydrogen) atoms. The van der Waals surface area contributed by atoms with Crippen molar-refractivity contribution in [2.24, 2.45) is 5.92 Å². The van der Waals surface area contributed by atoms with Gasteiger partial charge >= 0.3 is 12.2 Å². The van der Waals surface area contributed by atoms with Gasteiger partial charge in [-0.1, -0.05) is 81.4 Å². The number of alkyl halides is 3. The van der Waals surface area contributed by atoms with Gasteiger partial charge in [0.2, 0.25) is 11.8 Å². The van der Waals surface area contributed by atoms with Crippen molar-refractivity contribution in [3.05, 3.63) is 119 Å². The lowest BCUT2D eigenvalue weighted by atomic mass is 9.92. The van der Waals surface area contributed by atoms with Crippen LogP contribution < -0.4 is 30.7 Å². The van der Waals surface area contributed by atoms with Gasteiger partial charge in [-0.05, 0) is 109 Å². The van der Waals surface area contributed by atoms with Crippen LogP contribution in [-0.2, 0) is 27.1 Å². The van der Waals surface area contributed by atoms with E-state index in [9.17, 15) is 14.7 Å². The number of pyridine rings is 2. The number of ether oxygens (including phenoxy) is 3. The highest BCUT2D eigenvalue weighted by molar-refractivity contribution is 6.01. The lowest BCUT2D eigenvalue weighted by Crippen LogP contribution is -2.50. The molecular formula is C60H69F3N12O6. The Balaban J connectivity index is 0.00000364. The minimum atomic E-state index is -4.78. The molecule has 7 heterocycles. The first-order valence-electron chi connectivity index (χ1n) is 27.9. The number of nitrogens with one attached hydrogen (secondary N) is 2. The molecule has 4 fully saturated rings. The van der Waals surface area contributed by atoms with Gasteiger partial charge in [-0.15, -0.1) is 5.10 Å². The summed E-state index contributed by atoms with van der Waals surface area (Å²) in [6.07, 6.45) is 3.91. The van der Waals surface area contributed by atoms with Crippen molar-refractivity contribution in [1.29, 1.82) is 0 Å². The lowest BCUT2D eigenvalue weighted by Gasteiger charge is -2.30. The molecule has 21 heteroatoms. The highest BCUT2D eigenvalue weighted by atomic mass is 19.4. The van der Waals surface area contributed by atoms with E-state index in [1.165, 1.54) is 13.0 Å². The Bertz CT molecular complexity index is 3360. The van der Waals surface area contributed by atoms with Crippen molar-refractivity contribution in [3.63, 3.8) is 0 Å². The van der Waals surface area contributed by atoms with Gasteiger partial charge < -0.3 is 45.5 Å². The fourth-order valence-electron chi connectivity index (χ4n) is 11.5. The third kappa shape index (κ3) is 11.9. The first-order valence-corrected chi connectivity index (χ1v) is 27.9. The highest BCUT2D eigenvalue weighted by Crippen LogP contribution is 2.54. The Morgan fingerprint density at radius 2 is 1.65 bits per heavy atom. The number of aromatic nitrogens is 7. The Labute approximate surface area is 468 Å². The number of amides is 2. The third-order valence-electron chi connectivity index (χ3n) is 15.5. The molecule has 1 aliphatic carbocycles. The number of halogens is 3.